The van der Waals surface area contributed by atoms with Crippen LogP contribution in [0.25, 0.3) is 16.3 Å². The van der Waals surface area contributed by atoms with E-state index in [1.165, 1.54) is 23.5 Å². The number of halogens is 5. The Balaban J connectivity index is 1.40. The molecule has 2 aliphatic rings. The summed E-state index contributed by atoms with van der Waals surface area (Å²) in [7, 11) is 0. The molecule has 1 amide bonds. The summed E-state index contributed by atoms with van der Waals surface area (Å²) in [5.74, 6) is 5.64. The van der Waals surface area contributed by atoms with Crippen LogP contribution >= 0.6 is 46.8 Å². The SMILES string of the molecule is O=C(NN1CCCCC1)c1nn(-c2ccc(Cl)cc2Cl)c(-c2ccc(C#Cc3ccc(C(F)(F)F)cc3)s2)c1CNC(=S)NC1CC1. The number of nitrogens with one attached hydrogen (secondary N) is 3. The number of thiophene rings is 1. The molecule has 47 heavy (non-hydrogen) atoms. The van der Waals surface area contributed by atoms with Crippen molar-refractivity contribution in [3.05, 3.63) is 91.9 Å². The van der Waals surface area contributed by atoms with Gasteiger partial charge in [-0.2, -0.15) is 18.3 Å². The van der Waals surface area contributed by atoms with Crippen molar-refractivity contribution in [2.24, 2.45) is 0 Å². The maximum Gasteiger partial charge on any atom is 0.416 e. The molecule has 4 aromatic rings. The summed E-state index contributed by atoms with van der Waals surface area (Å²) in [6, 6.07) is 13.8. The minimum absolute atomic E-state index is 0.201. The number of hydrogen-bond acceptors (Lipinski definition) is 5. The fourth-order valence-electron chi connectivity index (χ4n) is 5.12. The molecule has 1 aliphatic carbocycles. The lowest BCUT2D eigenvalue weighted by atomic mass is 10.1. The third-order valence-corrected chi connectivity index (χ3v) is 9.48. The highest BCUT2D eigenvalue weighted by molar-refractivity contribution is 7.80. The monoisotopic (exact) mass is 716 g/mol. The molecule has 14 heteroatoms. The van der Waals surface area contributed by atoms with E-state index in [0.717, 1.165) is 62.2 Å². The topological polar surface area (TPSA) is 74.2 Å². The predicted octanol–water partition coefficient (Wildman–Crippen LogP) is 7.58. The summed E-state index contributed by atoms with van der Waals surface area (Å²) < 4.78 is 40.6. The van der Waals surface area contributed by atoms with Crippen LogP contribution in [-0.4, -0.2) is 44.9 Å². The Bertz CT molecular complexity index is 1850. The Morgan fingerprint density at radius 1 is 1.02 bits per heavy atom. The number of carbonyl (C=O) groups excluding carboxylic acids is 1. The predicted molar refractivity (Wildman–Crippen MR) is 183 cm³/mol. The van der Waals surface area contributed by atoms with Crippen molar-refractivity contribution >= 4 is 57.8 Å². The van der Waals surface area contributed by atoms with E-state index in [2.05, 4.69) is 27.9 Å². The van der Waals surface area contributed by atoms with Gasteiger partial charge in [0.05, 0.1) is 31.7 Å². The van der Waals surface area contributed by atoms with Gasteiger partial charge in [0, 0.05) is 41.8 Å². The highest BCUT2D eigenvalue weighted by Crippen LogP contribution is 2.37. The van der Waals surface area contributed by atoms with Crippen LogP contribution < -0.4 is 16.1 Å². The molecular weight excluding hydrogens is 688 g/mol. The van der Waals surface area contributed by atoms with Gasteiger partial charge in [0.1, 0.15) is 0 Å². The van der Waals surface area contributed by atoms with E-state index in [1.807, 2.05) is 17.1 Å². The number of hydrazine groups is 1. The second-order valence-electron chi connectivity index (χ2n) is 11.3. The summed E-state index contributed by atoms with van der Waals surface area (Å²) in [4.78, 5) is 15.2. The van der Waals surface area contributed by atoms with E-state index < -0.39 is 11.7 Å². The quantitative estimate of drug-likeness (QED) is 0.135. The number of alkyl halides is 3. The van der Waals surface area contributed by atoms with Gasteiger partial charge < -0.3 is 10.6 Å². The van der Waals surface area contributed by atoms with Crippen LogP contribution in [0.4, 0.5) is 13.2 Å². The number of thiocarbonyl (C=S) groups is 1. The van der Waals surface area contributed by atoms with Crippen LogP contribution in [0.3, 0.4) is 0 Å². The zero-order valence-corrected chi connectivity index (χ0v) is 28.0. The largest absolute Gasteiger partial charge is 0.416 e. The summed E-state index contributed by atoms with van der Waals surface area (Å²) in [6.07, 6.45) is 0.772. The van der Waals surface area contributed by atoms with Gasteiger partial charge in [-0.25, -0.2) is 9.69 Å². The van der Waals surface area contributed by atoms with E-state index in [9.17, 15) is 18.0 Å². The van der Waals surface area contributed by atoms with Gasteiger partial charge >= 0.3 is 6.18 Å². The highest BCUT2D eigenvalue weighted by atomic mass is 35.5. The first kappa shape index (κ1) is 33.3. The minimum atomic E-state index is -4.42. The number of piperidine rings is 1. The van der Waals surface area contributed by atoms with Crippen LogP contribution in [-0.2, 0) is 12.7 Å². The van der Waals surface area contributed by atoms with Crippen molar-refractivity contribution in [2.45, 2.75) is 50.9 Å². The summed E-state index contributed by atoms with van der Waals surface area (Å²) in [5.41, 5.74) is 4.70. The zero-order chi connectivity index (χ0) is 33.1. The van der Waals surface area contributed by atoms with Crippen LogP contribution in [0.15, 0.2) is 54.6 Å². The van der Waals surface area contributed by atoms with Gasteiger partial charge in [-0.3, -0.25) is 10.2 Å². The number of rotatable bonds is 7. The molecule has 244 valence electrons. The summed E-state index contributed by atoms with van der Waals surface area (Å²) in [6.45, 7) is 1.70. The molecule has 2 fully saturated rings. The molecule has 3 heterocycles. The average molecular weight is 718 g/mol. The molecular formula is C33H29Cl2F3N6OS2. The Labute approximate surface area is 289 Å². The molecule has 0 unspecified atom stereocenters. The molecule has 2 aromatic heterocycles. The molecule has 1 saturated heterocycles. The fourth-order valence-corrected chi connectivity index (χ4v) is 6.77. The van der Waals surface area contributed by atoms with Gasteiger partial charge in [0.2, 0.25) is 0 Å². The highest BCUT2D eigenvalue weighted by Gasteiger charge is 2.30. The number of benzene rings is 2. The lowest BCUT2D eigenvalue weighted by Gasteiger charge is -2.26. The third-order valence-electron chi connectivity index (χ3n) is 7.67. The molecule has 0 bridgehead atoms. The first-order valence-corrected chi connectivity index (χ1v) is 17.0. The van der Waals surface area contributed by atoms with Crippen molar-refractivity contribution in [3.63, 3.8) is 0 Å². The Kier molecular flexibility index (Phi) is 10.1. The smallest absolute Gasteiger partial charge is 0.360 e. The van der Waals surface area contributed by atoms with Gasteiger partial charge in [-0.15, -0.1) is 11.3 Å². The first-order valence-electron chi connectivity index (χ1n) is 15.0. The minimum Gasteiger partial charge on any atom is -0.360 e. The van der Waals surface area contributed by atoms with Crippen LogP contribution in [0.5, 0.6) is 0 Å². The van der Waals surface area contributed by atoms with Gasteiger partial charge in [-0.05, 0) is 92.5 Å². The van der Waals surface area contributed by atoms with Crippen LogP contribution in [0, 0.1) is 11.8 Å². The number of aromatic nitrogens is 2. The molecule has 1 aliphatic heterocycles. The van der Waals surface area contributed by atoms with E-state index in [-0.39, 0.29) is 18.1 Å². The van der Waals surface area contributed by atoms with Crippen molar-refractivity contribution < 1.29 is 18.0 Å². The van der Waals surface area contributed by atoms with E-state index in [4.69, 9.17) is 40.5 Å². The van der Waals surface area contributed by atoms with E-state index in [1.54, 1.807) is 22.9 Å². The lowest BCUT2D eigenvalue weighted by Crippen LogP contribution is -2.45. The second kappa shape index (κ2) is 14.3. The zero-order valence-electron chi connectivity index (χ0n) is 24.9. The molecule has 2 aromatic carbocycles. The lowest BCUT2D eigenvalue weighted by molar-refractivity contribution is -0.137. The molecule has 7 nitrogen and oxygen atoms in total. The standard InChI is InChI=1S/C33H29Cl2F3N6OS2/c34-22-9-14-27(26(35)18-22)44-30(28-15-13-24(47-28)12-6-20-4-7-21(8-5-20)33(36,37)38)25(19-39-32(46)40-23-10-11-23)29(41-44)31(45)42-43-16-2-1-3-17-43/h4-5,7-9,13-15,18,23H,1-3,10-11,16-17,19H2,(H,42,45)(H2,39,40,46). The molecule has 0 spiro atoms. The maximum absolute atomic E-state index is 13.8. The van der Waals surface area contributed by atoms with Crippen LogP contribution in [0.1, 0.15) is 64.2 Å². The van der Waals surface area contributed by atoms with Crippen molar-refractivity contribution in [1.82, 2.24) is 30.8 Å². The van der Waals surface area contributed by atoms with Crippen molar-refractivity contribution in [1.29, 1.82) is 0 Å². The first-order chi connectivity index (χ1) is 22.5. The normalized spacial score (nSPS) is 15.1. The molecule has 3 N–H and O–H groups in total. The Morgan fingerprint density at radius 3 is 2.45 bits per heavy atom. The van der Waals surface area contributed by atoms with Gasteiger partial charge in [0.25, 0.3) is 5.91 Å². The average Bonchev–Trinajstić information content (AvgIpc) is 3.58. The van der Waals surface area contributed by atoms with E-state index in [0.29, 0.717) is 48.6 Å². The maximum atomic E-state index is 13.8. The van der Waals surface area contributed by atoms with Gasteiger partial charge in [-0.1, -0.05) is 41.5 Å². The fraction of sp³-hybridized carbons (Fsp3) is 0.303. The summed E-state index contributed by atoms with van der Waals surface area (Å²) in [5, 5.41) is 14.5. The van der Waals surface area contributed by atoms with Crippen molar-refractivity contribution in [3.8, 4) is 28.1 Å². The second-order valence-corrected chi connectivity index (χ2v) is 13.6. The molecule has 1 saturated carbocycles. The number of hydrogen-bond donors (Lipinski definition) is 3. The number of nitrogens with zero attached hydrogens (tertiary/aromatic N) is 3. The van der Waals surface area contributed by atoms with Crippen molar-refractivity contribution in [2.75, 3.05) is 13.1 Å². The van der Waals surface area contributed by atoms with Crippen LogP contribution in [0.2, 0.25) is 10.0 Å². The van der Waals surface area contributed by atoms with E-state index >= 15 is 0 Å². The Hall–Kier alpha value is -3.60. The Morgan fingerprint density at radius 2 is 1.77 bits per heavy atom. The number of carbonyl (C=O) groups is 1. The molecule has 0 radical (unpaired) electrons. The molecule has 0 atom stereocenters. The van der Waals surface area contributed by atoms with Gasteiger partial charge in [0.15, 0.2) is 10.8 Å². The third kappa shape index (κ3) is 8.28. The number of amides is 1. The molecule has 6 rings (SSSR count). The summed E-state index contributed by atoms with van der Waals surface area (Å²) >= 11 is 19.8.